The standard InChI is InChI=1S/C22H16ClN5/c1-12-4-2-6-14-9-17(21(23)28-20(12)14)19-10-16(18(11-24)22(26)27-19)13-5-3-7-15(25)8-13/h2-10H,25H2,1H3,(H2,26,27)/p+1. The van der Waals surface area contributed by atoms with Gasteiger partial charge in [0.25, 0.3) is 5.82 Å². The van der Waals surface area contributed by atoms with Crippen LogP contribution in [0.2, 0.25) is 5.15 Å². The van der Waals surface area contributed by atoms with Gasteiger partial charge in [-0.15, -0.1) is 0 Å². The summed E-state index contributed by atoms with van der Waals surface area (Å²) in [6.45, 7) is 2.00. The molecule has 0 unspecified atom stereocenters. The van der Waals surface area contributed by atoms with E-state index < -0.39 is 0 Å². The highest BCUT2D eigenvalue weighted by Crippen LogP contribution is 2.33. The first kappa shape index (κ1) is 17.8. The second-order valence-corrected chi connectivity index (χ2v) is 6.95. The van der Waals surface area contributed by atoms with Crippen molar-refractivity contribution in [3.63, 3.8) is 0 Å². The van der Waals surface area contributed by atoms with Gasteiger partial charge in [0.05, 0.1) is 11.1 Å². The second kappa shape index (κ2) is 6.84. The lowest BCUT2D eigenvalue weighted by molar-refractivity contribution is -0.346. The van der Waals surface area contributed by atoms with Crippen LogP contribution in [-0.4, -0.2) is 4.98 Å². The minimum Gasteiger partial charge on any atom is -0.399 e. The summed E-state index contributed by atoms with van der Waals surface area (Å²) in [6, 6.07) is 19.3. The summed E-state index contributed by atoms with van der Waals surface area (Å²) in [4.78, 5) is 7.65. The van der Waals surface area contributed by atoms with Crippen LogP contribution in [0.3, 0.4) is 0 Å². The van der Waals surface area contributed by atoms with Crippen molar-refractivity contribution in [2.45, 2.75) is 6.92 Å². The fourth-order valence-electron chi connectivity index (χ4n) is 3.32. The number of nitrogen functional groups attached to an aromatic ring is 2. The number of rotatable bonds is 2. The smallest absolute Gasteiger partial charge is 0.289 e. The van der Waals surface area contributed by atoms with Crippen molar-refractivity contribution in [2.24, 2.45) is 0 Å². The molecule has 5 nitrogen and oxygen atoms in total. The lowest BCUT2D eigenvalue weighted by Crippen LogP contribution is -2.16. The lowest BCUT2D eigenvalue weighted by atomic mass is 9.98. The van der Waals surface area contributed by atoms with E-state index in [2.05, 4.69) is 16.0 Å². The number of H-pyrrole nitrogens is 1. The Balaban J connectivity index is 1.98. The third-order valence-corrected chi connectivity index (χ3v) is 4.99. The summed E-state index contributed by atoms with van der Waals surface area (Å²) in [5.41, 5.74) is 17.8. The molecule has 28 heavy (non-hydrogen) atoms. The molecule has 0 fully saturated rings. The summed E-state index contributed by atoms with van der Waals surface area (Å²) in [6.07, 6.45) is 0. The van der Waals surface area contributed by atoms with Gasteiger partial charge in [0.1, 0.15) is 22.5 Å². The molecule has 6 heteroatoms. The van der Waals surface area contributed by atoms with E-state index in [1.54, 1.807) is 6.07 Å². The normalized spacial score (nSPS) is 10.8. The molecule has 5 N–H and O–H groups in total. The molecule has 4 rings (SSSR count). The number of nitrogens with one attached hydrogen (secondary N) is 1. The Labute approximate surface area is 167 Å². The van der Waals surface area contributed by atoms with Crippen molar-refractivity contribution in [2.75, 3.05) is 11.5 Å². The predicted molar refractivity (Wildman–Crippen MR) is 112 cm³/mol. The highest BCUT2D eigenvalue weighted by molar-refractivity contribution is 6.32. The van der Waals surface area contributed by atoms with Crippen LogP contribution in [-0.2, 0) is 0 Å². The number of aryl methyl sites for hydroxylation is 1. The highest BCUT2D eigenvalue weighted by Gasteiger charge is 2.19. The Morgan fingerprint density at radius 2 is 1.82 bits per heavy atom. The molecule has 0 aliphatic heterocycles. The average molecular weight is 387 g/mol. The number of aromatic nitrogens is 2. The van der Waals surface area contributed by atoms with E-state index in [1.807, 2.05) is 55.5 Å². The zero-order valence-corrected chi connectivity index (χ0v) is 15.9. The number of benzene rings is 2. The SMILES string of the molecule is Cc1cccc2cc(-c3cc(-c4cccc(N)c4)c(C#N)c(N)[nH+]3)c(Cl)nc12. The Bertz CT molecular complexity index is 1270. The molecule has 0 aliphatic rings. The number of aromatic amines is 1. The molecule has 0 bridgehead atoms. The highest BCUT2D eigenvalue weighted by atomic mass is 35.5. The van der Waals surface area contributed by atoms with Gasteiger partial charge in [0.2, 0.25) is 0 Å². The van der Waals surface area contributed by atoms with Gasteiger partial charge in [-0.05, 0) is 42.3 Å². The van der Waals surface area contributed by atoms with Crippen molar-refractivity contribution >= 4 is 34.0 Å². The number of pyridine rings is 2. The van der Waals surface area contributed by atoms with Crippen LogP contribution in [0.4, 0.5) is 11.5 Å². The maximum absolute atomic E-state index is 9.60. The molecule has 0 radical (unpaired) electrons. The van der Waals surface area contributed by atoms with Crippen LogP contribution in [0, 0.1) is 18.3 Å². The summed E-state index contributed by atoms with van der Waals surface area (Å²) < 4.78 is 0. The van der Waals surface area contributed by atoms with Gasteiger partial charge in [-0.3, -0.25) is 5.73 Å². The molecule has 0 saturated heterocycles. The van der Waals surface area contributed by atoms with Gasteiger partial charge in [0, 0.05) is 16.6 Å². The van der Waals surface area contributed by atoms with E-state index in [0.717, 1.165) is 22.0 Å². The Hall–Kier alpha value is -3.62. The number of hydrogen-bond acceptors (Lipinski definition) is 4. The number of hydrogen-bond donors (Lipinski definition) is 2. The van der Waals surface area contributed by atoms with Crippen LogP contribution >= 0.6 is 11.6 Å². The van der Waals surface area contributed by atoms with Crippen LogP contribution in [0.15, 0.2) is 54.6 Å². The average Bonchev–Trinajstić information content (AvgIpc) is 2.67. The summed E-state index contributed by atoms with van der Waals surface area (Å²) in [5.74, 6) is 0.262. The van der Waals surface area contributed by atoms with Gasteiger partial charge in [-0.1, -0.05) is 41.9 Å². The van der Waals surface area contributed by atoms with Crippen LogP contribution in [0.5, 0.6) is 0 Å². The Kier molecular flexibility index (Phi) is 4.34. The third kappa shape index (κ3) is 3.00. The molecular formula is C22H17ClN5+. The molecule has 4 aromatic rings. The Morgan fingerprint density at radius 1 is 1.04 bits per heavy atom. The molecule has 0 saturated carbocycles. The topological polar surface area (TPSA) is 103 Å². The fraction of sp³-hybridized carbons (Fsp3) is 0.0455. The van der Waals surface area contributed by atoms with Gasteiger partial charge < -0.3 is 5.73 Å². The second-order valence-electron chi connectivity index (χ2n) is 6.60. The Morgan fingerprint density at radius 3 is 2.57 bits per heavy atom. The number of anilines is 2. The molecular weight excluding hydrogens is 370 g/mol. The molecule has 0 spiro atoms. The van der Waals surface area contributed by atoms with E-state index in [4.69, 9.17) is 23.1 Å². The van der Waals surface area contributed by atoms with E-state index >= 15 is 0 Å². The number of halogens is 1. The maximum atomic E-state index is 9.60. The molecule has 2 aromatic heterocycles. The van der Waals surface area contributed by atoms with Gasteiger partial charge in [0.15, 0.2) is 0 Å². The molecule has 2 heterocycles. The molecule has 2 aromatic carbocycles. The van der Waals surface area contributed by atoms with Gasteiger partial charge in [-0.25, -0.2) is 9.97 Å². The van der Waals surface area contributed by atoms with Crippen molar-refractivity contribution in [3.8, 4) is 28.5 Å². The fourth-order valence-corrected chi connectivity index (χ4v) is 3.56. The monoisotopic (exact) mass is 386 g/mol. The van der Waals surface area contributed by atoms with Crippen molar-refractivity contribution in [1.29, 1.82) is 5.26 Å². The number of nitriles is 1. The zero-order chi connectivity index (χ0) is 19.8. The first-order chi connectivity index (χ1) is 13.5. The molecule has 0 atom stereocenters. The van der Waals surface area contributed by atoms with Crippen LogP contribution in [0.1, 0.15) is 11.1 Å². The van der Waals surface area contributed by atoms with Gasteiger partial charge in [-0.2, -0.15) is 5.26 Å². The van der Waals surface area contributed by atoms with Crippen molar-refractivity contribution in [3.05, 3.63) is 70.9 Å². The van der Waals surface area contributed by atoms with Gasteiger partial charge >= 0.3 is 0 Å². The lowest BCUT2D eigenvalue weighted by Gasteiger charge is -2.10. The quantitative estimate of drug-likeness (QED) is 0.394. The number of fused-ring (bicyclic) bond motifs is 1. The van der Waals surface area contributed by atoms with E-state index in [0.29, 0.717) is 33.2 Å². The van der Waals surface area contributed by atoms with Crippen LogP contribution in [0.25, 0.3) is 33.3 Å². The maximum Gasteiger partial charge on any atom is 0.289 e. The van der Waals surface area contributed by atoms with Crippen LogP contribution < -0.4 is 16.5 Å². The number of nitrogens with two attached hydrogens (primary N) is 2. The number of nitrogens with zero attached hydrogens (tertiary/aromatic N) is 2. The molecule has 136 valence electrons. The first-order valence-electron chi connectivity index (χ1n) is 8.66. The largest absolute Gasteiger partial charge is 0.399 e. The minimum absolute atomic E-state index is 0.262. The predicted octanol–water partition coefficient (Wildman–Crippen LogP) is 4.38. The third-order valence-electron chi connectivity index (χ3n) is 4.70. The van der Waals surface area contributed by atoms with Crippen molar-refractivity contribution < 1.29 is 4.98 Å². The summed E-state index contributed by atoms with van der Waals surface area (Å²) in [5, 5.41) is 10.9. The van der Waals surface area contributed by atoms with E-state index in [9.17, 15) is 5.26 Å². The zero-order valence-electron chi connectivity index (χ0n) is 15.1. The van der Waals surface area contributed by atoms with E-state index in [1.165, 1.54) is 0 Å². The molecule has 0 aliphatic carbocycles. The van der Waals surface area contributed by atoms with Crippen molar-refractivity contribution in [1.82, 2.24) is 4.98 Å². The first-order valence-corrected chi connectivity index (χ1v) is 9.04. The molecule has 0 amide bonds. The van der Waals surface area contributed by atoms with E-state index in [-0.39, 0.29) is 5.82 Å². The summed E-state index contributed by atoms with van der Waals surface area (Å²) >= 11 is 6.50. The minimum atomic E-state index is 0.262. The number of para-hydroxylation sites is 1. The summed E-state index contributed by atoms with van der Waals surface area (Å²) in [7, 11) is 0.